The molecule has 4 rings (SSSR count). The first-order chi connectivity index (χ1) is 14.0. The zero-order valence-electron chi connectivity index (χ0n) is 16.1. The fourth-order valence-corrected chi connectivity index (χ4v) is 3.48. The zero-order valence-corrected chi connectivity index (χ0v) is 16.1. The molecule has 1 aromatic carbocycles. The number of likely N-dealkylation sites (tertiary alicyclic amines) is 1. The monoisotopic (exact) mass is 388 g/mol. The van der Waals surface area contributed by atoms with Crippen molar-refractivity contribution in [1.82, 2.24) is 25.0 Å². The van der Waals surface area contributed by atoms with E-state index in [0.29, 0.717) is 22.5 Å². The van der Waals surface area contributed by atoms with E-state index in [4.69, 9.17) is 5.26 Å². The van der Waals surface area contributed by atoms with Crippen LogP contribution in [0.25, 0.3) is 16.9 Å². The van der Waals surface area contributed by atoms with E-state index in [1.807, 2.05) is 14.0 Å². The predicted octanol–water partition coefficient (Wildman–Crippen LogP) is 1.45. The number of aryl methyl sites for hydroxylation is 1. The molecule has 8 nitrogen and oxygen atoms in total. The molecule has 0 saturated carbocycles. The van der Waals surface area contributed by atoms with Crippen molar-refractivity contribution in [3.05, 3.63) is 69.8 Å². The van der Waals surface area contributed by atoms with Crippen LogP contribution in [0.5, 0.6) is 0 Å². The summed E-state index contributed by atoms with van der Waals surface area (Å²) in [6.45, 7) is 3.54. The summed E-state index contributed by atoms with van der Waals surface area (Å²) >= 11 is 0. The lowest BCUT2D eigenvalue weighted by molar-refractivity contribution is 0.0857. The van der Waals surface area contributed by atoms with Gasteiger partial charge in [0, 0.05) is 25.5 Å². The van der Waals surface area contributed by atoms with E-state index in [-0.39, 0.29) is 17.5 Å². The van der Waals surface area contributed by atoms with Gasteiger partial charge in [0.05, 0.1) is 28.8 Å². The maximum Gasteiger partial charge on any atom is 0.280 e. The van der Waals surface area contributed by atoms with Gasteiger partial charge in [-0.2, -0.15) is 5.26 Å². The molecule has 8 heteroatoms. The second-order valence-corrected chi connectivity index (χ2v) is 7.27. The van der Waals surface area contributed by atoms with Crippen LogP contribution in [0.2, 0.25) is 0 Å². The van der Waals surface area contributed by atoms with E-state index < -0.39 is 0 Å². The Bertz CT molecular complexity index is 1160. The molecule has 1 saturated heterocycles. The highest BCUT2D eigenvalue weighted by Gasteiger charge is 2.25. The van der Waals surface area contributed by atoms with Crippen molar-refractivity contribution in [3.63, 3.8) is 0 Å². The largest absolute Gasteiger partial charge is 0.347 e. The number of aromatic amines is 1. The molecular weight excluding hydrogens is 368 g/mol. The number of benzene rings is 1. The fourth-order valence-electron chi connectivity index (χ4n) is 3.48. The maximum atomic E-state index is 12.9. The number of carbonyl (C=O) groups is 1. The Morgan fingerprint density at radius 1 is 1.28 bits per heavy atom. The number of carbonyl (C=O) groups excluding carboxylic acids is 1. The minimum atomic E-state index is -0.250. The van der Waals surface area contributed by atoms with Gasteiger partial charge >= 0.3 is 0 Å². The van der Waals surface area contributed by atoms with Crippen LogP contribution in [0.15, 0.2) is 47.5 Å². The van der Waals surface area contributed by atoms with Crippen LogP contribution >= 0.6 is 0 Å². The summed E-state index contributed by atoms with van der Waals surface area (Å²) in [6.07, 6.45) is 3.08. The Morgan fingerprint density at radius 2 is 2.07 bits per heavy atom. The molecule has 1 amide bonds. The summed E-state index contributed by atoms with van der Waals surface area (Å²) < 4.78 is 1.33. The quantitative estimate of drug-likeness (QED) is 0.704. The normalized spacial score (nSPS) is 14.2. The van der Waals surface area contributed by atoms with Gasteiger partial charge in [-0.1, -0.05) is 6.07 Å². The van der Waals surface area contributed by atoms with Gasteiger partial charge in [0.1, 0.15) is 0 Å². The number of H-pyrrole nitrogens is 1. The van der Waals surface area contributed by atoms with Crippen molar-refractivity contribution in [2.24, 2.45) is 0 Å². The lowest BCUT2D eigenvalue weighted by atomic mass is 10.0. The lowest BCUT2D eigenvalue weighted by Gasteiger charge is -2.36. The molecule has 1 aliphatic rings. The number of nitrogens with zero attached hydrogens (tertiary/aromatic N) is 4. The number of nitrogens with one attached hydrogen (secondary N) is 2. The van der Waals surface area contributed by atoms with E-state index in [1.165, 1.54) is 10.9 Å². The Labute approximate surface area is 167 Å². The SMILES string of the molecule is Cc1cc(C#N)ccc1-c1c[nH]n(-c2ccc(C(=O)NC3CN(C)C3)cn2)c1=O. The molecule has 146 valence electrons. The van der Waals surface area contributed by atoms with E-state index in [2.05, 4.69) is 26.4 Å². The van der Waals surface area contributed by atoms with Crippen molar-refractivity contribution in [2.75, 3.05) is 20.1 Å². The van der Waals surface area contributed by atoms with Gasteiger partial charge in [-0.05, 0) is 49.4 Å². The molecule has 3 aromatic rings. The number of pyridine rings is 1. The first-order valence-electron chi connectivity index (χ1n) is 9.23. The highest BCUT2D eigenvalue weighted by Crippen LogP contribution is 2.21. The number of hydrogen-bond donors (Lipinski definition) is 2. The van der Waals surface area contributed by atoms with Crippen molar-refractivity contribution < 1.29 is 4.79 Å². The van der Waals surface area contributed by atoms with Gasteiger partial charge < -0.3 is 10.2 Å². The van der Waals surface area contributed by atoms with Gasteiger partial charge in [-0.3, -0.25) is 14.7 Å². The molecule has 0 unspecified atom stereocenters. The zero-order chi connectivity index (χ0) is 20.5. The molecule has 0 atom stereocenters. The second kappa shape index (κ2) is 7.37. The highest BCUT2D eigenvalue weighted by atomic mass is 16.2. The summed E-state index contributed by atoms with van der Waals surface area (Å²) in [6, 6.07) is 10.7. The molecule has 1 fully saturated rings. The van der Waals surface area contributed by atoms with Crippen LogP contribution in [0.1, 0.15) is 21.5 Å². The van der Waals surface area contributed by atoms with Crippen LogP contribution in [0.4, 0.5) is 0 Å². The lowest BCUT2D eigenvalue weighted by Crippen LogP contribution is -2.57. The average Bonchev–Trinajstić information content (AvgIpc) is 3.08. The Balaban J connectivity index is 1.56. The summed E-state index contributed by atoms with van der Waals surface area (Å²) in [5, 5.41) is 14.9. The van der Waals surface area contributed by atoms with E-state index in [0.717, 1.165) is 24.2 Å². The predicted molar refractivity (Wildman–Crippen MR) is 108 cm³/mol. The number of amides is 1. The molecule has 0 radical (unpaired) electrons. The maximum absolute atomic E-state index is 12.9. The molecule has 0 spiro atoms. The van der Waals surface area contributed by atoms with Gasteiger partial charge in [-0.15, -0.1) is 0 Å². The average molecular weight is 388 g/mol. The fraction of sp³-hybridized carbons (Fsp3) is 0.238. The Kier molecular flexibility index (Phi) is 4.74. The molecule has 0 bridgehead atoms. The van der Waals surface area contributed by atoms with Crippen molar-refractivity contribution in [1.29, 1.82) is 5.26 Å². The first-order valence-corrected chi connectivity index (χ1v) is 9.23. The smallest absolute Gasteiger partial charge is 0.280 e. The van der Waals surface area contributed by atoms with Crippen LogP contribution in [-0.4, -0.2) is 51.8 Å². The third kappa shape index (κ3) is 3.56. The number of hydrogen-bond acceptors (Lipinski definition) is 5. The second-order valence-electron chi connectivity index (χ2n) is 7.27. The van der Waals surface area contributed by atoms with Crippen molar-refractivity contribution >= 4 is 5.91 Å². The van der Waals surface area contributed by atoms with Crippen LogP contribution in [-0.2, 0) is 0 Å². The molecule has 0 aliphatic carbocycles. The Hall–Kier alpha value is -3.70. The number of rotatable bonds is 4. The van der Waals surface area contributed by atoms with E-state index in [9.17, 15) is 9.59 Å². The third-order valence-corrected chi connectivity index (χ3v) is 5.06. The van der Waals surface area contributed by atoms with Gasteiger partial charge in [0.15, 0.2) is 5.82 Å². The number of likely N-dealkylation sites (N-methyl/N-ethyl adjacent to an activating group) is 1. The molecular formula is C21H20N6O2. The van der Waals surface area contributed by atoms with Crippen LogP contribution in [0.3, 0.4) is 0 Å². The topological polar surface area (TPSA) is 107 Å². The van der Waals surface area contributed by atoms with Gasteiger partial charge in [0.25, 0.3) is 11.5 Å². The molecule has 29 heavy (non-hydrogen) atoms. The van der Waals surface area contributed by atoms with Crippen molar-refractivity contribution in [3.8, 4) is 23.0 Å². The number of nitriles is 1. The summed E-state index contributed by atoms with van der Waals surface area (Å²) in [4.78, 5) is 31.5. The number of aromatic nitrogens is 3. The summed E-state index contributed by atoms with van der Waals surface area (Å²) in [5.41, 5.74) is 2.83. The first kappa shape index (κ1) is 18.7. The summed E-state index contributed by atoms with van der Waals surface area (Å²) in [7, 11) is 2.00. The highest BCUT2D eigenvalue weighted by molar-refractivity contribution is 5.94. The molecule has 2 aromatic heterocycles. The van der Waals surface area contributed by atoms with Gasteiger partial charge in [0.2, 0.25) is 0 Å². The minimum absolute atomic E-state index is 0.163. The van der Waals surface area contributed by atoms with E-state index in [1.54, 1.807) is 36.5 Å². The van der Waals surface area contributed by atoms with Crippen molar-refractivity contribution in [2.45, 2.75) is 13.0 Å². The minimum Gasteiger partial charge on any atom is -0.347 e. The molecule has 2 N–H and O–H groups in total. The third-order valence-electron chi connectivity index (χ3n) is 5.06. The van der Waals surface area contributed by atoms with Crippen LogP contribution in [0, 0.1) is 18.3 Å². The molecule has 3 heterocycles. The van der Waals surface area contributed by atoms with E-state index >= 15 is 0 Å². The Morgan fingerprint density at radius 3 is 2.69 bits per heavy atom. The molecule has 1 aliphatic heterocycles. The summed E-state index contributed by atoms with van der Waals surface area (Å²) in [5.74, 6) is 0.224. The van der Waals surface area contributed by atoms with Gasteiger partial charge in [-0.25, -0.2) is 9.67 Å². The van der Waals surface area contributed by atoms with Crippen LogP contribution < -0.4 is 10.9 Å². The standard InChI is InChI=1S/C21H20N6O2/c1-13-7-14(8-22)3-5-17(13)18-10-24-27(21(18)29)19-6-4-15(9-23-19)20(28)25-16-11-26(2)12-16/h3-7,9-10,16,24H,11-12H2,1-2H3,(H,25,28).